The lowest BCUT2D eigenvalue weighted by Gasteiger charge is -2.36. The van der Waals surface area contributed by atoms with Crippen molar-refractivity contribution in [2.45, 2.75) is 31.8 Å². The van der Waals surface area contributed by atoms with Crippen LogP contribution in [-0.4, -0.2) is 35.2 Å². The Morgan fingerprint density at radius 2 is 2.47 bits per heavy atom. The molecule has 2 nitrogen and oxygen atoms in total. The predicted molar refractivity (Wildman–Crippen MR) is 64.3 cm³/mol. The lowest BCUT2D eigenvalue weighted by molar-refractivity contribution is -0.0149. The minimum absolute atomic E-state index is 0.465. The third-order valence-corrected chi connectivity index (χ3v) is 3.94. The van der Waals surface area contributed by atoms with E-state index < -0.39 is 5.60 Å². The highest BCUT2D eigenvalue weighted by molar-refractivity contribution is 7.09. The molecule has 15 heavy (non-hydrogen) atoms. The van der Waals surface area contributed by atoms with E-state index in [1.165, 1.54) is 4.88 Å². The first kappa shape index (κ1) is 11.1. The van der Waals surface area contributed by atoms with Crippen LogP contribution in [0.4, 0.5) is 0 Å². The van der Waals surface area contributed by atoms with E-state index in [4.69, 9.17) is 0 Å². The summed E-state index contributed by atoms with van der Waals surface area (Å²) in [6, 6.07) is 4.29. The van der Waals surface area contributed by atoms with Crippen LogP contribution in [0.25, 0.3) is 0 Å². The van der Waals surface area contributed by atoms with Gasteiger partial charge in [-0.15, -0.1) is 11.3 Å². The Morgan fingerprint density at radius 3 is 3.13 bits per heavy atom. The van der Waals surface area contributed by atoms with Gasteiger partial charge in [-0.3, -0.25) is 0 Å². The van der Waals surface area contributed by atoms with E-state index in [0.29, 0.717) is 0 Å². The van der Waals surface area contributed by atoms with Gasteiger partial charge in [0.25, 0.3) is 0 Å². The van der Waals surface area contributed by atoms with Crippen molar-refractivity contribution >= 4 is 11.3 Å². The predicted octanol–water partition coefficient (Wildman–Crippen LogP) is 2.14. The molecule has 1 aromatic rings. The number of piperidine rings is 1. The molecule has 1 aromatic heterocycles. The molecule has 1 aliphatic rings. The Morgan fingerprint density at radius 1 is 1.60 bits per heavy atom. The van der Waals surface area contributed by atoms with E-state index in [2.05, 4.69) is 22.4 Å². The summed E-state index contributed by atoms with van der Waals surface area (Å²) in [4.78, 5) is 3.82. The summed E-state index contributed by atoms with van der Waals surface area (Å²) >= 11 is 1.82. The largest absolute Gasteiger partial charge is 0.389 e. The van der Waals surface area contributed by atoms with Gasteiger partial charge in [0.15, 0.2) is 0 Å². The van der Waals surface area contributed by atoms with Gasteiger partial charge < -0.3 is 10.0 Å². The molecule has 1 saturated heterocycles. The number of β-amino-alcohol motifs (C(OH)–C–C–N with tert-alkyl or cyclic N) is 1. The fourth-order valence-corrected chi connectivity index (χ4v) is 2.94. The van der Waals surface area contributed by atoms with Gasteiger partial charge in [0.1, 0.15) is 0 Å². The molecule has 1 N–H and O–H groups in total. The Balaban J connectivity index is 1.80. The van der Waals surface area contributed by atoms with Crippen molar-refractivity contribution in [3.8, 4) is 0 Å². The molecule has 0 saturated carbocycles. The van der Waals surface area contributed by atoms with Crippen molar-refractivity contribution in [3.63, 3.8) is 0 Å². The van der Waals surface area contributed by atoms with Gasteiger partial charge in [0.2, 0.25) is 0 Å². The quantitative estimate of drug-likeness (QED) is 0.852. The summed E-state index contributed by atoms with van der Waals surface area (Å²) in [6.07, 6.45) is 3.19. The fraction of sp³-hybridized carbons (Fsp3) is 0.667. The van der Waals surface area contributed by atoms with Crippen molar-refractivity contribution in [2.24, 2.45) is 0 Å². The Labute approximate surface area is 95.5 Å². The summed E-state index contributed by atoms with van der Waals surface area (Å²) < 4.78 is 0. The summed E-state index contributed by atoms with van der Waals surface area (Å²) in [5.41, 5.74) is -0.465. The maximum Gasteiger partial charge on any atom is 0.0746 e. The number of hydrogen-bond donors (Lipinski definition) is 1. The maximum absolute atomic E-state index is 9.96. The zero-order valence-electron chi connectivity index (χ0n) is 9.28. The summed E-state index contributed by atoms with van der Waals surface area (Å²) in [6.45, 7) is 5.00. The van der Waals surface area contributed by atoms with Crippen molar-refractivity contribution in [1.29, 1.82) is 0 Å². The van der Waals surface area contributed by atoms with Crippen LogP contribution in [0, 0.1) is 0 Å². The molecule has 0 aromatic carbocycles. The second-order valence-electron chi connectivity index (χ2n) is 4.71. The second kappa shape index (κ2) is 4.64. The van der Waals surface area contributed by atoms with Gasteiger partial charge in [-0.2, -0.15) is 0 Å². The molecular weight excluding hydrogens is 206 g/mol. The first-order valence-corrected chi connectivity index (χ1v) is 6.51. The first-order valence-electron chi connectivity index (χ1n) is 5.63. The smallest absolute Gasteiger partial charge is 0.0746 e. The van der Waals surface area contributed by atoms with Crippen molar-refractivity contribution in [1.82, 2.24) is 4.90 Å². The third-order valence-electron chi connectivity index (χ3n) is 3.01. The second-order valence-corrected chi connectivity index (χ2v) is 5.74. The summed E-state index contributed by atoms with van der Waals surface area (Å²) in [7, 11) is 0. The molecule has 0 aliphatic carbocycles. The number of aliphatic hydroxyl groups is 1. The lowest BCUT2D eigenvalue weighted by atomic mass is 9.95. The molecular formula is C12H19NOS. The van der Waals surface area contributed by atoms with E-state index in [9.17, 15) is 5.11 Å². The average molecular weight is 225 g/mol. The highest BCUT2D eigenvalue weighted by Gasteiger charge is 2.27. The molecule has 0 spiro atoms. The van der Waals surface area contributed by atoms with Gasteiger partial charge >= 0.3 is 0 Å². The lowest BCUT2D eigenvalue weighted by Crippen LogP contribution is -2.46. The zero-order valence-corrected chi connectivity index (χ0v) is 10.1. The van der Waals surface area contributed by atoms with Crippen molar-refractivity contribution < 1.29 is 5.11 Å². The molecule has 3 heteroatoms. The van der Waals surface area contributed by atoms with Crippen LogP contribution in [0.2, 0.25) is 0 Å². The molecule has 1 unspecified atom stereocenters. The van der Waals surface area contributed by atoms with E-state index in [-0.39, 0.29) is 0 Å². The summed E-state index contributed by atoms with van der Waals surface area (Å²) in [5.74, 6) is 0. The minimum atomic E-state index is -0.465. The van der Waals surface area contributed by atoms with Gasteiger partial charge in [0, 0.05) is 18.0 Å². The molecule has 84 valence electrons. The van der Waals surface area contributed by atoms with E-state index in [1.54, 1.807) is 0 Å². The SMILES string of the molecule is CC1(O)CCCN(CCc2cccs2)C1. The van der Waals surface area contributed by atoms with Gasteiger partial charge in [-0.05, 0) is 44.2 Å². The van der Waals surface area contributed by atoms with Crippen LogP contribution >= 0.6 is 11.3 Å². The first-order chi connectivity index (χ1) is 7.16. The Bertz CT molecular complexity index is 295. The highest BCUT2D eigenvalue weighted by atomic mass is 32.1. The monoisotopic (exact) mass is 225 g/mol. The zero-order chi connectivity index (χ0) is 10.7. The van der Waals surface area contributed by atoms with Crippen LogP contribution in [0.1, 0.15) is 24.6 Å². The number of likely N-dealkylation sites (tertiary alicyclic amines) is 1. The van der Waals surface area contributed by atoms with E-state index in [1.807, 2.05) is 18.3 Å². The highest BCUT2D eigenvalue weighted by Crippen LogP contribution is 2.20. The Kier molecular flexibility index (Phi) is 3.44. The standard InChI is InChI=1S/C12H19NOS/c1-12(14)6-3-7-13(10-12)8-5-11-4-2-9-15-11/h2,4,9,14H,3,5-8,10H2,1H3. The normalized spacial score (nSPS) is 28.1. The molecule has 1 atom stereocenters. The number of nitrogens with zero attached hydrogens (tertiary/aromatic N) is 1. The molecule has 0 amide bonds. The van der Waals surface area contributed by atoms with Crippen molar-refractivity contribution in [3.05, 3.63) is 22.4 Å². The number of hydrogen-bond acceptors (Lipinski definition) is 3. The van der Waals surface area contributed by atoms with E-state index >= 15 is 0 Å². The number of thiophene rings is 1. The molecule has 2 rings (SSSR count). The van der Waals surface area contributed by atoms with Crippen molar-refractivity contribution in [2.75, 3.05) is 19.6 Å². The van der Waals surface area contributed by atoms with Gasteiger partial charge in [0.05, 0.1) is 5.60 Å². The molecule has 0 radical (unpaired) electrons. The molecule has 2 heterocycles. The molecule has 1 fully saturated rings. The topological polar surface area (TPSA) is 23.5 Å². The number of rotatable bonds is 3. The average Bonchev–Trinajstić information content (AvgIpc) is 2.65. The van der Waals surface area contributed by atoms with Gasteiger partial charge in [-0.25, -0.2) is 0 Å². The maximum atomic E-state index is 9.96. The fourth-order valence-electron chi connectivity index (χ4n) is 2.24. The molecule has 1 aliphatic heterocycles. The molecule has 0 bridgehead atoms. The van der Waals surface area contributed by atoms with Crippen LogP contribution in [0.15, 0.2) is 17.5 Å². The van der Waals surface area contributed by atoms with Crippen LogP contribution < -0.4 is 0 Å². The third kappa shape index (κ3) is 3.30. The Hall–Kier alpha value is -0.380. The van der Waals surface area contributed by atoms with Gasteiger partial charge in [-0.1, -0.05) is 6.07 Å². The summed E-state index contributed by atoms with van der Waals surface area (Å²) in [5, 5.41) is 12.1. The van der Waals surface area contributed by atoms with Crippen LogP contribution in [0.3, 0.4) is 0 Å². The minimum Gasteiger partial charge on any atom is -0.389 e. The van der Waals surface area contributed by atoms with E-state index in [0.717, 1.165) is 38.9 Å². The van der Waals surface area contributed by atoms with Crippen LogP contribution in [-0.2, 0) is 6.42 Å². The van der Waals surface area contributed by atoms with Crippen LogP contribution in [0.5, 0.6) is 0 Å².